The number of benzene rings is 1. The molecule has 0 unspecified atom stereocenters. The number of methoxy groups -OCH3 is 1. The van der Waals surface area contributed by atoms with Crippen molar-refractivity contribution in [1.29, 1.82) is 0 Å². The fourth-order valence-corrected chi connectivity index (χ4v) is 1.02. The van der Waals surface area contributed by atoms with Crippen LogP contribution >= 0.6 is 0 Å². The normalized spacial score (nSPS) is 11.1. The molecule has 1 rings (SSSR count). The first-order valence-electron chi connectivity index (χ1n) is 3.88. The van der Waals surface area contributed by atoms with Gasteiger partial charge < -0.3 is 9.84 Å². The van der Waals surface area contributed by atoms with Crippen LogP contribution in [0.5, 0.6) is 0 Å². The molecule has 3 nitrogen and oxygen atoms in total. The Bertz CT molecular complexity index is 371. The standard InChI is InChI=1S/C10H9FO3/c1-14-10(13)8(6-12)7-4-2-3-5-9(7)11/h2-6,12H,1H3. The van der Waals surface area contributed by atoms with Gasteiger partial charge in [0, 0.05) is 5.56 Å². The lowest BCUT2D eigenvalue weighted by Gasteiger charge is -2.04. The van der Waals surface area contributed by atoms with E-state index < -0.39 is 11.8 Å². The van der Waals surface area contributed by atoms with Crippen molar-refractivity contribution < 1.29 is 19.0 Å². The van der Waals surface area contributed by atoms with Crippen LogP contribution in [-0.4, -0.2) is 18.2 Å². The Morgan fingerprint density at radius 2 is 2.14 bits per heavy atom. The van der Waals surface area contributed by atoms with E-state index in [2.05, 4.69) is 4.74 Å². The summed E-state index contributed by atoms with van der Waals surface area (Å²) in [5.41, 5.74) is -0.188. The summed E-state index contributed by atoms with van der Waals surface area (Å²) < 4.78 is 17.5. The molecule has 1 aromatic rings. The molecule has 0 saturated heterocycles. The van der Waals surface area contributed by atoms with E-state index in [0.29, 0.717) is 6.26 Å². The molecule has 74 valence electrons. The maximum Gasteiger partial charge on any atom is 0.341 e. The van der Waals surface area contributed by atoms with Crippen LogP contribution in [0.4, 0.5) is 4.39 Å². The van der Waals surface area contributed by atoms with Gasteiger partial charge in [0.25, 0.3) is 0 Å². The first-order valence-corrected chi connectivity index (χ1v) is 3.88. The second-order valence-electron chi connectivity index (χ2n) is 2.51. The van der Waals surface area contributed by atoms with Crippen molar-refractivity contribution in [2.75, 3.05) is 7.11 Å². The van der Waals surface area contributed by atoms with Gasteiger partial charge >= 0.3 is 5.97 Å². The molecule has 0 atom stereocenters. The van der Waals surface area contributed by atoms with Crippen LogP contribution in [0.15, 0.2) is 30.5 Å². The molecule has 1 aromatic carbocycles. The fourth-order valence-electron chi connectivity index (χ4n) is 1.02. The van der Waals surface area contributed by atoms with Gasteiger partial charge in [0.15, 0.2) is 0 Å². The van der Waals surface area contributed by atoms with Crippen molar-refractivity contribution in [2.24, 2.45) is 0 Å². The minimum absolute atomic E-state index is 0.0156. The molecule has 0 saturated carbocycles. The summed E-state index contributed by atoms with van der Waals surface area (Å²) in [6.07, 6.45) is 0.532. The van der Waals surface area contributed by atoms with Gasteiger partial charge in [-0.05, 0) is 6.07 Å². The predicted octanol–water partition coefficient (Wildman–Crippen LogP) is 1.90. The first-order chi connectivity index (χ1) is 6.70. The van der Waals surface area contributed by atoms with Gasteiger partial charge in [0.1, 0.15) is 11.4 Å². The minimum Gasteiger partial charge on any atom is -0.515 e. The lowest BCUT2D eigenvalue weighted by atomic mass is 10.1. The molecular formula is C10H9FO3. The highest BCUT2D eigenvalue weighted by Crippen LogP contribution is 2.18. The molecule has 0 aliphatic rings. The van der Waals surface area contributed by atoms with E-state index in [0.717, 1.165) is 7.11 Å². The molecule has 0 spiro atoms. The van der Waals surface area contributed by atoms with E-state index >= 15 is 0 Å². The van der Waals surface area contributed by atoms with Crippen LogP contribution in [0.1, 0.15) is 5.56 Å². The van der Waals surface area contributed by atoms with Gasteiger partial charge in [-0.1, -0.05) is 18.2 Å². The van der Waals surface area contributed by atoms with Crippen LogP contribution in [0, 0.1) is 5.82 Å². The summed E-state index contributed by atoms with van der Waals surface area (Å²) in [4.78, 5) is 11.1. The third-order valence-electron chi connectivity index (χ3n) is 1.70. The van der Waals surface area contributed by atoms with Crippen molar-refractivity contribution in [1.82, 2.24) is 0 Å². The number of carbonyl (C=O) groups is 1. The van der Waals surface area contributed by atoms with Gasteiger partial charge in [-0.3, -0.25) is 0 Å². The smallest absolute Gasteiger partial charge is 0.341 e. The second-order valence-corrected chi connectivity index (χ2v) is 2.51. The Kier molecular flexibility index (Phi) is 3.23. The molecule has 1 N–H and O–H groups in total. The molecule has 14 heavy (non-hydrogen) atoms. The van der Waals surface area contributed by atoms with Crippen molar-refractivity contribution in [3.63, 3.8) is 0 Å². The number of hydrogen-bond donors (Lipinski definition) is 1. The van der Waals surface area contributed by atoms with Crippen molar-refractivity contribution in [2.45, 2.75) is 0 Å². The summed E-state index contributed by atoms with van der Waals surface area (Å²) >= 11 is 0. The number of aliphatic hydroxyl groups excluding tert-OH is 1. The summed E-state index contributed by atoms with van der Waals surface area (Å²) in [6, 6.07) is 5.63. The number of halogens is 1. The highest BCUT2D eigenvalue weighted by molar-refractivity contribution is 6.16. The average Bonchev–Trinajstić information content (AvgIpc) is 2.21. The summed E-state index contributed by atoms with van der Waals surface area (Å²) in [7, 11) is 1.16. The van der Waals surface area contributed by atoms with Gasteiger partial charge in [0.05, 0.1) is 13.4 Å². The number of hydrogen-bond acceptors (Lipinski definition) is 3. The van der Waals surface area contributed by atoms with Crippen LogP contribution in [0.25, 0.3) is 5.57 Å². The molecular weight excluding hydrogens is 187 g/mol. The molecule has 0 amide bonds. The topological polar surface area (TPSA) is 46.5 Å². The maximum atomic E-state index is 13.2. The van der Waals surface area contributed by atoms with Crippen molar-refractivity contribution in [3.8, 4) is 0 Å². The third kappa shape index (κ3) is 1.90. The molecule has 0 fully saturated rings. The highest BCUT2D eigenvalue weighted by atomic mass is 19.1. The van der Waals surface area contributed by atoms with E-state index in [9.17, 15) is 9.18 Å². The largest absolute Gasteiger partial charge is 0.515 e. The number of esters is 1. The first kappa shape index (κ1) is 10.2. The van der Waals surface area contributed by atoms with E-state index in [1.807, 2.05) is 0 Å². The molecule has 0 bridgehead atoms. The summed E-state index contributed by atoms with van der Waals surface area (Å²) in [6.45, 7) is 0. The van der Waals surface area contributed by atoms with Gasteiger partial charge in [-0.15, -0.1) is 0 Å². The lowest BCUT2D eigenvalue weighted by molar-refractivity contribution is -0.133. The van der Waals surface area contributed by atoms with Crippen LogP contribution < -0.4 is 0 Å². The molecule has 0 aromatic heterocycles. The Labute approximate surface area is 80.4 Å². The zero-order chi connectivity index (χ0) is 10.6. The average molecular weight is 196 g/mol. The lowest BCUT2D eigenvalue weighted by Crippen LogP contribution is -2.05. The monoisotopic (exact) mass is 196 g/mol. The molecule has 0 aliphatic carbocycles. The highest BCUT2D eigenvalue weighted by Gasteiger charge is 2.15. The van der Waals surface area contributed by atoms with Crippen LogP contribution in [-0.2, 0) is 9.53 Å². The summed E-state index contributed by atoms with van der Waals surface area (Å²) in [5, 5.41) is 8.78. The molecule has 0 heterocycles. The van der Waals surface area contributed by atoms with Crippen molar-refractivity contribution >= 4 is 11.5 Å². The fraction of sp³-hybridized carbons (Fsp3) is 0.100. The Morgan fingerprint density at radius 1 is 1.50 bits per heavy atom. The van der Waals surface area contributed by atoms with Gasteiger partial charge in [-0.25, -0.2) is 9.18 Å². The predicted molar refractivity (Wildman–Crippen MR) is 49.0 cm³/mol. The quantitative estimate of drug-likeness (QED) is 0.446. The minimum atomic E-state index is -0.780. The number of rotatable bonds is 2. The second kappa shape index (κ2) is 4.41. The Balaban J connectivity index is 3.15. The number of ether oxygens (including phenoxy) is 1. The van der Waals surface area contributed by atoms with E-state index in [-0.39, 0.29) is 11.1 Å². The van der Waals surface area contributed by atoms with E-state index in [1.54, 1.807) is 6.07 Å². The maximum absolute atomic E-state index is 13.2. The van der Waals surface area contributed by atoms with E-state index in [1.165, 1.54) is 18.2 Å². The Hall–Kier alpha value is -1.84. The SMILES string of the molecule is COC(=O)C(=CO)c1ccccc1F. The summed E-state index contributed by atoms with van der Waals surface area (Å²) in [5.74, 6) is -1.36. The molecule has 0 aliphatic heterocycles. The molecule has 0 radical (unpaired) electrons. The molecule has 4 heteroatoms. The van der Waals surface area contributed by atoms with Gasteiger partial charge in [-0.2, -0.15) is 0 Å². The Morgan fingerprint density at radius 3 is 2.64 bits per heavy atom. The van der Waals surface area contributed by atoms with Crippen molar-refractivity contribution in [3.05, 3.63) is 41.9 Å². The zero-order valence-corrected chi connectivity index (χ0v) is 7.53. The zero-order valence-electron chi connectivity index (χ0n) is 7.53. The van der Waals surface area contributed by atoms with Gasteiger partial charge in [0.2, 0.25) is 0 Å². The number of carbonyl (C=O) groups excluding carboxylic acids is 1. The van der Waals surface area contributed by atoms with E-state index in [4.69, 9.17) is 5.11 Å². The van der Waals surface area contributed by atoms with Crippen LogP contribution in [0.2, 0.25) is 0 Å². The third-order valence-corrected chi connectivity index (χ3v) is 1.70. The number of aliphatic hydroxyl groups is 1. The van der Waals surface area contributed by atoms with Crippen LogP contribution in [0.3, 0.4) is 0 Å².